The summed E-state index contributed by atoms with van der Waals surface area (Å²) in [6.45, 7) is 13.2. The van der Waals surface area contributed by atoms with E-state index in [1.165, 1.54) is 24.4 Å². The van der Waals surface area contributed by atoms with Crippen LogP contribution in [-0.4, -0.2) is 46.3 Å². The average Bonchev–Trinajstić information content (AvgIpc) is 2.89. The van der Waals surface area contributed by atoms with Crippen molar-refractivity contribution in [1.29, 1.82) is 0 Å². The van der Waals surface area contributed by atoms with E-state index in [4.69, 9.17) is 9.47 Å². The van der Waals surface area contributed by atoms with Gasteiger partial charge in [-0.2, -0.15) is 0 Å². The highest BCUT2D eigenvalue weighted by molar-refractivity contribution is 5.86. The van der Waals surface area contributed by atoms with E-state index in [1.54, 1.807) is 25.3 Å². The van der Waals surface area contributed by atoms with Crippen molar-refractivity contribution in [3.8, 4) is 17.0 Å². The smallest absolute Gasteiger partial charge is 0.337 e. The summed E-state index contributed by atoms with van der Waals surface area (Å²) in [7, 11) is 0. The molecule has 41 heavy (non-hydrogen) atoms. The maximum Gasteiger partial charge on any atom is 0.337 e. The molecule has 9 heteroatoms. The number of aliphatic carboxylic acids is 1. The number of carbonyl (C=O) groups is 1. The van der Waals surface area contributed by atoms with Crippen LogP contribution in [0.2, 0.25) is 0 Å². The molecule has 0 saturated carbocycles. The van der Waals surface area contributed by atoms with Gasteiger partial charge in [0.1, 0.15) is 5.82 Å². The number of hydrogen-bond acceptors (Lipinski definition) is 6. The number of piperidine rings is 1. The summed E-state index contributed by atoms with van der Waals surface area (Å²) in [5.74, 6) is -2.22. The minimum atomic E-state index is -1.26. The van der Waals surface area contributed by atoms with Crippen LogP contribution in [-0.2, 0) is 16.0 Å². The fourth-order valence-corrected chi connectivity index (χ4v) is 4.99. The molecule has 7 nitrogen and oxygen atoms in total. The predicted molar refractivity (Wildman–Crippen MR) is 154 cm³/mol. The molecule has 1 saturated heterocycles. The first-order valence-corrected chi connectivity index (χ1v) is 13.9. The summed E-state index contributed by atoms with van der Waals surface area (Å²) in [5, 5.41) is 10.3. The lowest BCUT2D eigenvalue weighted by molar-refractivity contribution is -0.160. The molecule has 1 aliphatic rings. The Kier molecular flexibility index (Phi) is 8.97. The van der Waals surface area contributed by atoms with Gasteiger partial charge in [-0.25, -0.2) is 18.6 Å². The molecule has 1 fully saturated rings. The van der Waals surface area contributed by atoms with Gasteiger partial charge >= 0.3 is 5.97 Å². The Morgan fingerprint density at radius 2 is 1.76 bits per heavy atom. The molecular formula is C32H39F2N3O4. The van der Waals surface area contributed by atoms with Crippen molar-refractivity contribution in [3.63, 3.8) is 0 Å². The van der Waals surface area contributed by atoms with Crippen LogP contribution in [0.15, 0.2) is 42.7 Å². The second-order valence-electron chi connectivity index (χ2n) is 12.4. The summed E-state index contributed by atoms with van der Waals surface area (Å²) in [6.07, 6.45) is 4.20. The number of ether oxygens (including phenoxy) is 2. The highest BCUT2D eigenvalue weighted by Crippen LogP contribution is 2.43. The number of hydrogen-bond donors (Lipinski definition) is 1. The maximum absolute atomic E-state index is 15.3. The number of nitrogens with zero attached hydrogens (tertiary/aromatic N) is 3. The van der Waals surface area contributed by atoms with Gasteiger partial charge < -0.3 is 19.5 Å². The van der Waals surface area contributed by atoms with Crippen LogP contribution >= 0.6 is 0 Å². The minimum absolute atomic E-state index is 0.142. The van der Waals surface area contributed by atoms with Crippen LogP contribution < -0.4 is 9.64 Å². The quantitative estimate of drug-likeness (QED) is 0.300. The number of halogens is 2. The fourth-order valence-electron chi connectivity index (χ4n) is 4.99. The lowest BCUT2D eigenvalue weighted by atomic mass is 9.82. The van der Waals surface area contributed by atoms with Gasteiger partial charge in [-0.15, -0.1) is 0 Å². The van der Waals surface area contributed by atoms with Crippen molar-refractivity contribution in [2.24, 2.45) is 5.41 Å². The van der Waals surface area contributed by atoms with E-state index in [2.05, 4.69) is 28.7 Å². The SMILES string of the molecule is Cc1ncc(-c2cnc(OCCc3ccc(F)cc3)c(F)c2)c(N2CCC(C)(C)CC2)c1[C@H](OC(C)(C)C)C(=O)O. The highest BCUT2D eigenvalue weighted by atomic mass is 19.1. The molecule has 1 aromatic carbocycles. The second-order valence-corrected chi connectivity index (χ2v) is 12.4. The van der Waals surface area contributed by atoms with Gasteiger partial charge in [0.2, 0.25) is 5.88 Å². The molecule has 1 N–H and O–H groups in total. The lowest BCUT2D eigenvalue weighted by Crippen LogP contribution is -2.39. The van der Waals surface area contributed by atoms with E-state index >= 15 is 4.39 Å². The van der Waals surface area contributed by atoms with Crippen molar-refractivity contribution in [1.82, 2.24) is 9.97 Å². The molecular weight excluding hydrogens is 528 g/mol. The summed E-state index contributed by atoms with van der Waals surface area (Å²) >= 11 is 0. The topological polar surface area (TPSA) is 84.8 Å². The van der Waals surface area contributed by atoms with Gasteiger partial charge in [-0.3, -0.25) is 4.98 Å². The standard InChI is InChI=1S/C32H39F2N3O4/c1-20-26(28(30(38)39)41-31(2,3)4)27(37-14-12-32(5,6)13-15-37)24(19-35-20)22-17-25(34)29(36-18-22)40-16-11-21-7-9-23(33)10-8-21/h7-10,17-19,28H,11-16H2,1-6H3,(H,38,39)/t28-/m0/s1. The number of benzene rings is 1. The molecule has 0 aliphatic carbocycles. The number of pyridine rings is 2. The number of carboxylic acid groups (broad SMARTS) is 1. The van der Waals surface area contributed by atoms with Gasteiger partial charge in [0.05, 0.1) is 17.9 Å². The van der Waals surface area contributed by atoms with Gasteiger partial charge in [0, 0.05) is 54.3 Å². The minimum Gasteiger partial charge on any atom is -0.479 e. The largest absolute Gasteiger partial charge is 0.479 e. The first kappa shape index (κ1) is 30.4. The number of rotatable bonds is 9. The zero-order chi connectivity index (χ0) is 29.9. The average molecular weight is 568 g/mol. The molecule has 1 aliphatic heterocycles. The first-order chi connectivity index (χ1) is 19.2. The Morgan fingerprint density at radius 1 is 1.10 bits per heavy atom. The van der Waals surface area contributed by atoms with E-state index in [0.717, 1.165) is 18.4 Å². The molecule has 4 rings (SSSR count). The first-order valence-electron chi connectivity index (χ1n) is 13.9. The Labute approximate surface area is 240 Å². The molecule has 0 spiro atoms. The number of aryl methyl sites for hydroxylation is 1. The molecule has 220 valence electrons. The van der Waals surface area contributed by atoms with Crippen LogP contribution in [0, 0.1) is 24.0 Å². The summed E-state index contributed by atoms with van der Waals surface area (Å²) in [6, 6.07) is 7.40. The Morgan fingerprint density at radius 3 is 2.34 bits per heavy atom. The Balaban J connectivity index is 1.71. The number of carboxylic acids is 1. The van der Waals surface area contributed by atoms with Crippen LogP contribution in [0.4, 0.5) is 14.5 Å². The summed E-state index contributed by atoms with van der Waals surface area (Å²) < 4.78 is 40.1. The van der Waals surface area contributed by atoms with Gasteiger partial charge in [-0.05, 0) is 69.7 Å². The van der Waals surface area contributed by atoms with Crippen LogP contribution in [0.3, 0.4) is 0 Å². The van der Waals surface area contributed by atoms with E-state index < -0.39 is 23.5 Å². The van der Waals surface area contributed by atoms with E-state index in [-0.39, 0.29) is 23.7 Å². The molecule has 3 aromatic rings. The third-order valence-electron chi connectivity index (χ3n) is 7.34. The predicted octanol–water partition coefficient (Wildman–Crippen LogP) is 6.92. The molecule has 0 bridgehead atoms. The van der Waals surface area contributed by atoms with Crippen molar-refractivity contribution < 1.29 is 28.2 Å². The zero-order valence-electron chi connectivity index (χ0n) is 24.6. The van der Waals surface area contributed by atoms with Crippen LogP contribution in [0.5, 0.6) is 5.88 Å². The molecule has 1 atom stereocenters. The molecule has 0 radical (unpaired) electrons. The van der Waals surface area contributed by atoms with Crippen molar-refractivity contribution in [3.05, 3.63) is 71.2 Å². The van der Waals surface area contributed by atoms with Gasteiger partial charge in [0.25, 0.3) is 0 Å². The molecule has 0 amide bonds. The lowest BCUT2D eigenvalue weighted by Gasteiger charge is -2.40. The summed E-state index contributed by atoms with van der Waals surface area (Å²) in [5.41, 5.74) is 3.02. The maximum atomic E-state index is 15.3. The van der Waals surface area contributed by atoms with E-state index in [0.29, 0.717) is 47.6 Å². The van der Waals surface area contributed by atoms with E-state index in [1.807, 2.05) is 20.8 Å². The fraction of sp³-hybridized carbons (Fsp3) is 0.469. The third-order valence-corrected chi connectivity index (χ3v) is 7.34. The van der Waals surface area contributed by atoms with Crippen molar-refractivity contribution >= 4 is 11.7 Å². The monoisotopic (exact) mass is 567 g/mol. The zero-order valence-corrected chi connectivity index (χ0v) is 24.6. The second kappa shape index (κ2) is 12.1. The van der Waals surface area contributed by atoms with Crippen LogP contribution in [0.25, 0.3) is 11.1 Å². The molecule has 0 unspecified atom stereocenters. The number of aromatic nitrogens is 2. The summed E-state index contributed by atoms with van der Waals surface area (Å²) in [4.78, 5) is 23.5. The van der Waals surface area contributed by atoms with Crippen molar-refractivity contribution in [2.75, 3.05) is 24.6 Å². The Bertz CT molecular complexity index is 1380. The van der Waals surface area contributed by atoms with Crippen LogP contribution in [0.1, 0.15) is 70.4 Å². The molecule has 3 heterocycles. The van der Waals surface area contributed by atoms with Gasteiger partial charge in [0.15, 0.2) is 11.9 Å². The Hall–Kier alpha value is -3.59. The highest BCUT2D eigenvalue weighted by Gasteiger charge is 2.36. The van der Waals surface area contributed by atoms with Crippen molar-refractivity contribution in [2.45, 2.75) is 72.5 Å². The van der Waals surface area contributed by atoms with E-state index in [9.17, 15) is 14.3 Å². The van der Waals surface area contributed by atoms with Gasteiger partial charge in [-0.1, -0.05) is 26.0 Å². The molecule has 2 aromatic heterocycles. The third kappa shape index (κ3) is 7.58. The number of anilines is 1. The normalized spacial score (nSPS) is 16.0.